The van der Waals surface area contributed by atoms with Gasteiger partial charge in [0.2, 0.25) is 0 Å². The minimum atomic E-state index is -0.944. The van der Waals surface area contributed by atoms with Crippen LogP contribution < -0.4 is 20.2 Å². The highest BCUT2D eigenvalue weighted by Crippen LogP contribution is 2.28. The second-order valence-electron chi connectivity index (χ2n) is 9.24. The summed E-state index contributed by atoms with van der Waals surface area (Å²) in [5, 5.41) is 8.22. The number of hydrazone groups is 1. The number of carbonyl (C=O) groups excluding carboxylic acids is 2. The Hall–Kier alpha value is -4.04. The van der Waals surface area contributed by atoms with Gasteiger partial charge in [0, 0.05) is 27.6 Å². The molecule has 0 aliphatic carbocycles. The molecule has 10 heteroatoms. The molecule has 0 radical (unpaired) electrons. The second-order valence-corrected chi connectivity index (χ2v) is 10.5. The van der Waals surface area contributed by atoms with Crippen molar-refractivity contribution in [2.45, 2.75) is 32.1 Å². The summed E-state index contributed by atoms with van der Waals surface area (Å²) in [5.74, 6) is -0.141. The zero-order valence-corrected chi connectivity index (χ0v) is 24.9. The molecule has 0 heterocycles. The predicted octanol–water partition coefficient (Wildman–Crippen LogP) is 6.87. The molecule has 0 saturated heterocycles. The molecule has 0 fully saturated rings. The fourth-order valence-electron chi connectivity index (χ4n) is 3.90. The van der Waals surface area contributed by atoms with E-state index in [9.17, 15) is 9.59 Å². The summed E-state index contributed by atoms with van der Waals surface area (Å²) in [6.07, 6.45) is 0.774. The molecule has 0 saturated carbocycles. The third-order valence-corrected chi connectivity index (χ3v) is 7.02. The van der Waals surface area contributed by atoms with E-state index in [1.165, 1.54) is 12.3 Å². The van der Waals surface area contributed by atoms with Crippen LogP contribution in [0, 0.1) is 0 Å². The first kappa shape index (κ1) is 30.9. The van der Waals surface area contributed by atoms with E-state index in [4.69, 9.17) is 44.3 Å². The summed E-state index contributed by atoms with van der Waals surface area (Å²) in [5.41, 5.74) is 4.88. The second kappa shape index (κ2) is 15.3. The molecule has 42 heavy (non-hydrogen) atoms. The van der Waals surface area contributed by atoms with Crippen molar-refractivity contribution >= 4 is 52.8 Å². The van der Waals surface area contributed by atoms with Crippen molar-refractivity contribution in [2.24, 2.45) is 5.10 Å². The van der Waals surface area contributed by atoms with E-state index in [1.807, 2.05) is 66.7 Å². The quantitative estimate of drug-likeness (QED) is 0.133. The average molecular weight is 625 g/mol. The Kier molecular flexibility index (Phi) is 11.2. The summed E-state index contributed by atoms with van der Waals surface area (Å²) in [7, 11) is 0. The van der Waals surface area contributed by atoms with Gasteiger partial charge in [-0.1, -0.05) is 95.5 Å². The number of amides is 2. The number of rotatable bonds is 12. The van der Waals surface area contributed by atoms with Gasteiger partial charge < -0.3 is 14.8 Å². The van der Waals surface area contributed by atoms with Gasteiger partial charge in [-0.25, -0.2) is 5.43 Å². The summed E-state index contributed by atoms with van der Waals surface area (Å²) in [4.78, 5) is 26.3. The van der Waals surface area contributed by atoms with Crippen molar-refractivity contribution in [1.29, 1.82) is 0 Å². The summed E-state index contributed by atoms with van der Waals surface area (Å²) in [6, 6.07) is 27.8. The molecule has 2 N–H and O–H groups in total. The van der Waals surface area contributed by atoms with Crippen LogP contribution in [0.2, 0.25) is 15.1 Å². The van der Waals surface area contributed by atoms with Crippen molar-refractivity contribution in [2.75, 3.05) is 0 Å². The Morgan fingerprint density at radius 3 is 2.31 bits per heavy atom. The Balaban J connectivity index is 1.42. The first-order valence-electron chi connectivity index (χ1n) is 13.0. The molecule has 216 valence electrons. The smallest absolute Gasteiger partial charge is 0.262 e. The maximum atomic E-state index is 13.2. The highest BCUT2D eigenvalue weighted by molar-refractivity contribution is 6.35. The number of nitrogens with one attached hydrogen (secondary N) is 2. The molecular weight excluding hydrogens is 597 g/mol. The minimum absolute atomic E-state index is 0.236. The SMILES string of the molecule is C[C@H](Oc1ccc(Cl)cc1Cl)C(=O)N[C@H](Cc1ccccc1)C(=O)N/N=C\c1ccccc1OCc1ccccc1Cl. The lowest BCUT2D eigenvalue weighted by atomic mass is 10.1. The maximum absolute atomic E-state index is 13.2. The Bertz CT molecular complexity index is 1550. The van der Waals surface area contributed by atoms with Crippen molar-refractivity contribution in [1.82, 2.24) is 10.7 Å². The highest BCUT2D eigenvalue weighted by Gasteiger charge is 2.25. The molecule has 2 atom stereocenters. The minimum Gasteiger partial charge on any atom is -0.488 e. The number of halogens is 3. The van der Waals surface area contributed by atoms with E-state index in [2.05, 4.69) is 15.8 Å². The number of ether oxygens (including phenoxy) is 2. The number of hydrogen-bond acceptors (Lipinski definition) is 5. The van der Waals surface area contributed by atoms with Crippen LogP contribution in [0.1, 0.15) is 23.6 Å². The molecule has 4 rings (SSSR count). The monoisotopic (exact) mass is 623 g/mol. The van der Waals surface area contributed by atoms with Gasteiger partial charge in [0.1, 0.15) is 24.1 Å². The topological polar surface area (TPSA) is 89.0 Å². The van der Waals surface area contributed by atoms with Gasteiger partial charge in [-0.3, -0.25) is 9.59 Å². The zero-order chi connectivity index (χ0) is 29.9. The Morgan fingerprint density at radius 1 is 0.833 bits per heavy atom. The van der Waals surface area contributed by atoms with Crippen LogP contribution in [0.15, 0.2) is 102 Å². The number of benzene rings is 4. The summed E-state index contributed by atoms with van der Waals surface area (Å²) < 4.78 is 11.7. The first-order valence-corrected chi connectivity index (χ1v) is 14.2. The zero-order valence-electron chi connectivity index (χ0n) is 22.6. The molecule has 2 amide bonds. The molecule has 0 unspecified atom stereocenters. The molecule has 0 spiro atoms. The third-order valence-electron chi connectivity index (χ3n) is 6.12. The molecular formula is C32H28Cl3N3O4. The lowest BCUT2D eigenvalue weighted by Gasteiger charge is -2.21. The number of nitrogens with zero attached hydrogens (tertiary/aromatic N) is 1. The molecule has 0 aromatic heterocycles. The van der Waals surface area contributed by atoms with Gasteiger partial charge in [-0.2, -0.15) is 5.10 Å². The molecule has 7 nitrogen and oxygen atoms in total. The molecule has 0 aliphatic rings. The van der Waals surface area contributed by atoms with Gasteiger partial charge >= 0.3 is 0 Å². The molecule has 0 aliphatic heterocycles. The van der Waals surface area contributed by atoms with E-state index in [1.54, 1.807) is 31.2 Å². The van der Waals surface area contributed by atoms with Crippen LogP contribution in [0.25, 0.3) is 0 Å². The van der Waals surface area contributed by atoms with Gasteiger partial charge in [0.05, 0.1) is 11.2 Å². The fraction of sp³-hybridized carbons (Fsp3) is 0.156. The van der Waals surface area contributed by atoms with Gasteiger partial charge in [0.25, 0.3) is 11.8 Å². The summed E-state index contributed by atoms with van der Waals surface area (Å²) >= 11 is 18.4. The molecule has 4 aromatic carbocycles. The van der Waals surface area contributed by atoms with Crippen LogP contribution in [-0.2, 0) is 22.6 Å². The fourth-order valence-corrected chi connectivity index (χ4v) is 4.54. The number of para-hydroxylation sites is 1. The predicted molar refractivity (Wildman–Crippen MR) is 167 cm³/mol. The lowest BCUT2D eigenvalue weighted by molar-refractivity contribution is -0.132. The lowest BCUT2D eigenvalue weighted by Crippen LogP contribution is -2.50. The van der Waals surface area contributed by atoms with Gasteiger partial charge in [-0.05, 0) is 48.9 Å². The van der Waals surface area contributed by atoms with E-state index < -0.39 is 24.0 Å². The van der Waals surface area contributed by atoms with Crippen molar-refractivity contribution < 1.29 is 19.1 Å². The van der Waals surface area contributed by atoms with Gasteiger partial charge in [-0.15, -0.1) is 0 Å². The van der Waals surface area contributed by atoms with Crippen molar-refractivity contribution in [3.8, 4) is 11.5 Å². The van der Waals surface area contributed by atoms with Crippen LogP contribution in [-0.4, -0.2) is 30.2 Å². The van der Waals surface area contributed by atoms with E-state index in [0.717, 1.165) is 11.1 Å². The number of hydrogen-bond donors (Lipinski definition) is 2. The normalized spacial score (nSPS) is 12.4. The largest absolute Gasteiger partial charge is 0.488 e. The Morgan fingerprint density at radius 2 is 1.55 bits per heavy atom. The van der Waals surface area contributed by atoms with Gasteiger partial charge in [0.15, 0.2) is 6.10 Å². The molecule has 0 bridgehead atoms. The van der Waals surface area contributed by atoms with Crippen molar-refractivity contribution in [3.63, 3.8) is 0 Å². The van der Waals surface area contributed by atoms with Crippen LogP contribution in [0.3, 0.4) is 0 Å². The van der Waals surface area contributed by atoms with E-state index >= 15 is 0 Å². The highest BCUT2D eigenvalue weighted by atomic mass is 35.5. The van der Waals surface area contributed by atoms with E-state index in [0.29, 0.717) is 27.1 Å². The maximum Gasteiger partial charge on any atom is 0.262 e. The Labute approximate surface area is 259 Å². The average Bonchev–Trinajstić information content (AvgIpc) is 2.98. The third kappa shape index (κ3) is 8.98. The van der Waals surface area contributed by atoms with Crippen molar-refractivity contribution in [3.05, 3.63) is 129 Å². The van der Waals surface area contributed by atoms with E-state index in [-0.39, 0.29) is 18.1 Å². The first-order chi connectivity index (χ1) is 20.3. The van der Waals surface area contributed by atoms with Crippen LogP contribution in [0.5, 0.6) is 11.5 Å². The standard InChI is InChI=1S/C32H28Cl3N3O4/c1-21(42-30-16-15-25(33)18-27(30)35)31(39)37-28(17-22-9-3-2-4-10-22)32(40)38-36-19-23-11-6-8-14-29(23)41-20-24-12-5-7-13-26(24)34/h2-16,18-19,21,28H,17,20H2,1H3,(H,37,39)(H,38,40)/b36-19-/t21-,28+/m0/s1. The molecule has 4 aromatic rings. The summed E-state index contributed by atoms with van der Waals surface area (Å²) in [6.45, 7) is 1.83. The number of carbonyl (C=O) groups is 2. The van der Waals surface area contributed by atoms with Crippen LogP contribution in [0.4, 0.5) is 0 Å². The van der Waals surface area contributed by atoms with Crippen LogP contribution >= 0.6 is 34.8 Å².